The number of fused-ring (bicyclic) bond motifs is 1. The molecule has 6 heteroatoms. The first kappa shape index (κ1) is 14.4. The van der Waals surface area contributed by atoms with Gasteiger partial charge in [-0.15, -0.1) is 10.2 Å². The van der Waals surface area contributed by atoms with Gasteiger partial charge in [0.05, 0.1) is 5.56 Å². The molecule has 2 aromatic heterocycles. The molecule has 0 saturated heterocycles. The molecule has 0 radical (unpaired) electrons. The predicted molar refractivity (Wildman–Crippen MR) is 91.9 cm³/mol. The van der Waals surface area contributed by atoms with Gasteiger partial charge in [-0.3, -0.25) is 0 Å². The first-order valence-corrected chi connectivity index (χ1v) is 8.74. The minimum atomic E-state index is -0.371. The Morgan fingerprint density at radius 1 is 1.13 bits per heavy atom. The molecule has 5 nitrogen and oxygen atoms in total. The molecule has 0 unspecified atom stereocenters. The lowest BCUT2D eigenvalue weighted by Crippen LogP contribution is -2.21. The van der Waals surface area contributed by atoms with E-state index in [0.29, 0.717) is 22.2 Å². The van der Waals surface area contributed by atoms with Crippen molar-refractivity contribution in [3.63, 3.8) is 0 Å². The molecule has 1 N–H and O–H groups in total. The maximum Gasteiger partial charge on any atom is 0.346 e. The van der Waals surface area contributed by atoms with Crippen LogP contribution in [0.2, 0.25) is 0 Å². The normalized spacial score (nSPS) is 15.8. The van der Waals surface area contributed by atoms with Gasteiger partial charge in [-0.05, 0) is 25.0 Å². The monoisotopic (exact) mass is 327 g/mol. The molecule has 118 valence electrons. The van der Waals surface area contributed by atoms with Crippen molar-refractivity contribution in [1.29, 1.82) is 0 Å². The highest BCUT2D eigenvalue weighted by Crippen LogP contribution is 2.28. The molecule has 1 aliphatic carbocycles. The second-order valence-corrected chi connectivity index (χ2v) is 6.85. The summed E-state index contributed by atoms with van der Waals surface area (Å²) in [6, 6.07) is 9.77. The standard InChI is InChI=1S/C17H17N3O2S/c21-16-13(10-11-6-4-5-9-14(11)22-16)15-19-20-17(23-15)18-12-7-2-1-3-8-12/h4-6,9-10,12H,1-3,7-8H2,(H,18,20). The predicted octanol–water partition coefficient (Wildman–Crippen LogP) is 4.06. The first-order chi connectivity index (χ1) is 11.3. The summed E-state index contributed by atoms with van der Waals surface area (Å²) in [5.74, 6) is 0. The molecule has 0 bridgehead atoms. The van der Waals surface area contributed by atoms with E-state index in [1.54, 1.807) is 6.07 Å². The number of hydrogen-bond donors (Lipinski definition) is 1. The average molecular weight is 327 g/mol. The lowest BCUT2D eigenvalue weighted by Gasteiger charge is -2.21. The van der Waals surface area contributed by atoms with Crippen molar-refractivity contribution in [1.82, 2.24) is 10.2 Å². The molecule has 23 heavy (non-hydrogen) atoms. The highest BCUT2D eigenvalue weighted by atomic mass is 32.1. The number of nitrogens with zero attached hydrogens (tertiary/aromatic N) is 2. The molecule has 1 aliphatic rings. The zero-order valence-electron chi connectivity index (χ0n) is 12.6. The van der Waals surface area contributed by atoms with E-state index in [4.69, 9.17) is 4.42 Å². The molecule has 1 fully saturated rings. The second-order valence-electron chi connectivity index (χ2n) is 5.88. The number of hydrogen-bond acceptors (Lipinski definition) is 6. The summed E-state index contributed by atoms with van der Waals surface area (Å²) in [5, 5.41) is 14.1. The number of aromatic nitrogens is 2. The largest absolute Gasteiger partial charge is 0.422 e. The van der Waals surface area contributed by atoms with Crippen molar-refractivity contribution >= 4 is 27.4 Å². The van der Waals surface area contributed by atoms with Crippen molar-refractivity contribution in [2.75, 3.05) is 5.32 Å². The topological polar surface area (TPSA) is 68.0 Å². The Balaban J connectivity index is 1.63. The van der Waals surface area contributed by atoms with Crippen LogP contribution in [-0.2, 0) is 0 Å². The smallest absolute Gasteiger partial charge is 0.346 e. The summed E-state index contributed by atoms with van der Waals surface area (Å²) < 4.78 is 5.37. The zero-order chi connectivity index (χ0) is 15.6. The van der Waals surface area contributed by atoms with Gasteiger partial charge in [0.15, 0.2) is 5.01 Å². The van der Waals surface area contributed by atoms with Crippen molar-refractivity contribution in [2.24, 2.45) is 0 Å². The third-order valence-electron chi connectivity index (χ3n) is 4.23. The minimum Gasteiger partial charge on any atom is -0.422 e. The summed E-state index contributed by atoms with van der Waals surface area (Å²) in [6.45, 7) is 0. The Hall–Kier alpha value is -2.21. The van der Waals surface area contributed by atoms with Gasteiger partial charge < -0.3 is 9.73 Å². The molecular weight excluding hydrogens is 310 g/mol. The average Bonchev–Trinajstić information content (AvgIpc) is 3.03. The molecule has 0 amide bonds. The van der Waals surface area contributed by atoms with Crippen LogP contribution in [0.25, 0.3) is 21.5 Å². The van der Waals surface area contributed by atoms with Crippen LogP contribution in [0, 0.1) is 0 Å². The van der Waals surface area contributed by atoms with E-state index in [1.807, 2.05) is 24.3 Å². The molecule has 0 atom stereocenters. The van der Waals surface area contributed by atoms with E-state index in [1.165, 1.54) is 43.4 Å². The van der Waals surface area contributed by atoms with E-state index >= 15 is 0 Å². The maximum atomic E-state index is 12.2. The highest BCUT2D eigenvalue weighted by molar-refractivity contribution is 7.18. The third kappa shape index (κ3) is 2.99. The lowest BCUT2D eigenvalue weighted by atomic mass is 9.96. The summed E-state index contributed by atoms with van der Waals surface area (Å²) in [6.07, 6.45) is 6.19. The molecule has 0 aliphatic heterocycles. The molecule has 1 aromatic carbocycles. The van der Waals surface area contributed by atoms with Gasteiger partial charge in [-0.2, -0.15) is 0 Å². The van der Waals surface area contributed by atoms with Crippen LogP contribution in [0.4, 0.5) is 5.13 Å². The summed E-state index contributed by atoms with van der Waals surface area (Å²) >= 11 is 1.41. The van der Waals surface area contributed by atoms with Crippen molar-refractivity contribution in [2.45, 2.75) is 38.1 Å². The van der Waals surface area contributed by atoms with Gasteiger partial charge in [0.1, 0.15) is 5.58 Å². The van der Waals surface area contributed by atoms with Crippen LogP contribution >= 0.6 is 11.3 Å². The Morgan fingerprint density at radius 2 is 1.96 bits per heavy atom. The molecule has 0 spiro atoms. The molecule has 3 aromatic rings. The van der Waals surface area contributed by atoms with E-state index in [0.717, 1.165) is 10.5 Å². The van der Waals surface area contributed by atoms with Crippen molar-refractivity contribution < 1.29 is 4.42 Å². The van der Waals surface area contributed by atoms with Gasteiger partial charge in [0, 0.05) is 11.4 Å². The first-order valence-electron chi connectivity index (χ1n) is 7.93. The quantitative estimate of drug-likeness (QED) is 0.735. The fourth-order valence-corrected chi connectivity index (χ4v) is 3.85. The van der Waals surface area contributed by atoms with Gasteiger partial charge in [-0.1, -0.05) is 48.8 Å². The zero-order valence-corrected chi connectivity index (χ0v) is 13.4. The number of benzene rings is 1. The molecule has 2 heterocycles. The number of nitrogens with one attached hydrogen (secondary N) is 1. The Kier molecular flexibility index (Phi) is 3.83. The summed E-state index contributed by atoms with van der Waals surface area (Å²) in [7, 11) is 0. The Bertz CT molecular complexity index is 881. The number of rotatable bonds is 3. The van der Waals surface area contributed by atoms with Crippen LogP contribution in [0.5, 0.6) is 0 Å². The van der Waals surface area contributed by atoms with Gasteiger partial charge in [0.25, 0.3) is 0 Å². The third-order valence-corrected chi connectivity index (χ3v) is 5.12. The van der Waals surface area contributed by atoms with Crippen LogP contribution in [0.1, 0.15) is 32.1 Å². The summed E-state index contributed by atoms with van der Waals surface area (Å²) in [4.78, 5) is 12.2. The molecule has 1 saturated carbocycles. The number of para-hydroxylation sites is 1. The Morgan fingerprint density at radius 3 is 2.83 bits per heavy atom. The maximum absolute atomic E-state index is 12.2. The highest BCUT2D eigenvalue weighted by Gasteiger charge is 2.17. The van der Waals surface area contributed by atoms with Crippen molar-refractivity contribution in [3.8, 4) is 10.6 Å². The number of anilines is 1. The second kappa shape index (κ2) is 6.12. The van der Waals surface area contributed by atoms with Crippen LogP contribution in [0.15, 0.2) is 39.5 Å². The molecule has 4 rings (SSSR count). The Labute approximate surface area is 137 Å². The summed E-state index contributed by atoms with van der Waals surface area (Å²) in [5.41, 5.74) is 0.688. The van der Waals surface area contributed by atoms with Crippen molar-refractivity contribution in [3.05, 3.63) is 40.8 Å². The van der Waals surface area contributed by atoms with Crippen LogP contribution in [0.3, 0.4) is 0 Å². The van der Waals surface area contributed by atoms with Gasteiger partial charge in [-0.25, -0.2) is 4.79 Å². The van der Waals surface area contributed by atoms with Crippen LogP contribution < -0.4 is 10.9 Å². The fourth-order valence-electron chi connectivity index (χ4n) is 3.02. The van der Waals surface area contributed by atoms with Gasteiger partial charge in [0.2, 0.25) is 5.13 Å². The molecular formula is C17H17N3O2S. The van der Waals surface area contributed by atoms with E-state index < -0.39 is 0 Å². The fraction of sp³-hybridized carbons (Fsp3) is 0.353. The van der Waals surface area contributed by atoms with E-state index in [9.17, 15) is 4.79 Å². The van der Waals surface area contributed by atoms with Gasteiger partial charge >= 0.3 is 5.63 Å². The van der Waals surface area contributed by atoms with E-state index in [-0.39, 0.29) is 5.63 Å². The lowest BCUT2D eigenvalue weighted by molar-refractivity contribution is 0.462. The van der Waals surface area contributed by atoms with Crippen LogP contribution in [-0.4, -0.2) is 16.2 Å². The van der Waals surface area contributed by atoms with E-state index in [2.05, 4.69) is 15.5 Å². The minimum absolute atomic E-state index is 0.371. The SMILES string of the molecule is O=c1oc2ccccc2cc1-c1nnc(NC2CCCCC2)s1.